The molecule has 0 unspecified atom stereocenters. The Morgan fingerprint density at radius 1 is 1.58 bits per heavy atom. The third kappa shape index (κ3) is 3.74. The number of hydrogen-bond acceptors (Lipinski definition) is 5. The molecule has 1 aromatic carbocycles. The lowest BCUT2D eigenvalue weighted by Crippen LogP contribution is -2.04. The molecule has 1 aromatic heterocycles. The zero-order valence-electron chi connectivity index (χ0n) is 9.94. The molecule has 0 spiro atoms. The van der Waals surface area contributed by atoms with Gasteiger partial charge in [-0.1, -0.05) is 15.9 Å². The van der Waals surface area contributed by atoms with E-state index in [1.54, 1.807) is 17.5 Å². The summed E-state index contributed by atoms with van der Waals surface area (Å²) in [5.41, 5.74) is 0.920. The minimum absolute atomic E-state index is 0.107. The molecule has 2 aromatic rings. The molecule has 0 bridgehead atoms. The number of halogens is 2. The van der Waals surface area contributed by atoms with Crippen molar-refractivity contribution < 1.29 is 13.9 Å². The number of methoxy groups -OCH3 is 1. The number of hydrogen-bond donors (Lipinski definition) is 1. The Morgan fingerprint density at radius 2 is 2.37 bits per heavy atom. The lowest BCUT2D eigenvalue weighted by atomic mass is 10.3. The molecule has 0 amide bonds. The van der Waals surface area contributed by atoms with Crippen LogP contribution in [0.1, 0.15) is 5.69 Å². The molecule has 4 nitrogen and oxygen atoms in total. The fraction of sp³-hybridized carbons (Fsp3) is 0.167. The largest absolute Gasteiger partial charge is 0.469 e. The van der Waals surface area contributed by atoms with Crippen LogP contribution in [0.5, 0.6) is 0 Å². The van der Waals surface area contributed by atoms with E-state index in [-0.39, 0.29) is 18.2 Å². The molecule has 0 aliphatic heterocycles. The predicted molar refractivity (Wildman–Crippen MR) is 75.2 cm³/mol. The Bertz CT molecular complexity index is 603. The van der Waals surface area contributed by atoms with Crippen LogP contribution in [-0.2, 0) is 16.0 Å². The van der Waals surface area contributed by atoms with Crippen molar-refractivity contribution in [2.75, 3.05) is 12.4 Å². The van der Waals surface area contributed by atoms with Crippen LogP contribution in [0.2, 0.25) is 0 Å². The highest BCUT2D eigenvalue weighted by atomic mass is 79.9. The summed E-state index contributed by atoms with van der Waals surface area (Å²) in [6.45, 7) is 0. The second-order valence-electron chi connectivity index (χ2n) is 3.65. The van der Waals surface area contributed by atoms with Crippen LogP contribution in [0.4, 0.5) is 15.2 Å². The molecule has 0 atom stereocenters. The van der Waals surface area contributed by atoms with Gasteiger partial charge in [-0.05, 0) is 18.2 Å². The van der Waals surface area contributed by atoms with Crippen LogP contribution in [0.15, 0.2) is 28.1 Å². The fourth-order valence-electron chi connectivity index (χ4n) is 1.37. The number of nitrogens with one attached hydrogen (secondary N) is 1. The molecule has 1 N–H and O–H groups in total. The molecule has 0 aliphatic carbocycles. The highest BCUT2D eigenvalue weighted by Crippen LogP contribution is 2.26. The van der Waals surface area contributed by atoms with E-state index < -0.39 is 0 Å². The Hall–Kier alpha value is -1.47. The van der Waals surface area contributed by atoms with E-state index in [4.69, 9.17) is 0 Å². The molecule has 7 heteroatoms. The van der Waals surface area contributed by atoms with Crippen molar-refractivity contribution in [1.82, 2.24) is 4.98 Å². The molecule has 1 heterocycles. The number of thiazole rings is 1. The van der Waals surface area contributed by atoms with Gasteiger partial charge in [-0.15, -0.1) is 11.3 Å². The molecule has 0 radical (unpaired) electrons. The van der Waals surface area contributed by atoms with Gasteiger partial charge >= 0.3 is 5.97 Å². The Labute approximate surface area is 121 Å². The molecular weight excluding hydrogens is 335 g/mol. The van der Waals surface area contributed by atoms with Gasteiger partial charge in [0.1, 0.15) is 5.82 Å². The third-order valence-electron chi connectivity index (χ3n) is 2.27. The number of esters is 1. The van der Waals surface area contributed by atoms with E-state index in [0.29, 0.717) is 16.5 Å². The van der Waals surface area contributed by atoms with Crippen LogP contribution in [-0.4, -0.2) is 18.1 Å². The predicted octanol–water partition coefficient (Wildman–Crippen LogP) is 3.50. The minimum Gasteiger partial charge on any atom is -0.469 e. The second kappa shape index (κ2) is 6.12. The summed E-state index contributed by atoms with van der Waals surface area (Å²) in [7, 11) is 1.32. The van der Waals surface area contributed by atoms with Crippen LogP contribution in [0.25, 0.3) is 0 Å². The van der Waals surface area contributed by atoms with Crippen LogP contribution < -0.4 is 5.32 Å². The van der Waals surface area contributed by atoms with Gasteiger partial charge < -0.3 is 10.1 Å². The third-order valence-corrected chi connectivity index (χ3v) is 3.57. The molecule has 19 heavy (non-hydrogen) atoms. The van der Waals surface area contributed by atoms with E-state index in [9.17, 15) is 9.18 Å². The molecular formula is C12H10BrFN2O2S. The summed E-state index contributed by atoms with van der Waals surface area (Å²) in [5.74, 6) is -0.724. The average Bonchev–Trinajstić information content (AvgIpc) is 2.81. The average molecular weight is 345 g/mol. The highest BCUT2D eigenvalue weighted by molar-refractivity contribution is 9.10. The number of ether oxygens (including phenoxy) is 1. The van der Waals surface area contributed by atoms with Gasteiger partial charge in [0, 0.05) is 9.85 Å². The van der Waals surface area contributed by atoms with Crippen LogP contribution in [0, 0.1) is 5.82 Å². The molecule has 0 aliphatic rings. The summed E-state index contributed by atoms with van der Waals surface area (Å²) in [5, 5.41) is 5.13. The SMILES string of the molecule is COC(=O)Cc1csc(Nc2cc(Br)ccc2F)n1. The number of carbonyl (C=O) groups excluding carboxylic acids is 1. The van der Waals surface area contributed by atoms with E-state index >= 15 is 0 Å². The summed E-state index contributed by atoms with van der Waals surface area (Å²) in [6, 6.07) is 4.59. The highest BCUT2D eigenvalue weighted by Gasteiger charge is 2.09. The Morgan fingerprint density at radius 3 is 3.11 bits per heavy atom. The lowest BCUT2D eigenvalue weighted by Gasteiger charge is -2.04. The van der Waals surface area contributed by atoms with Crippen molar-refractivity contribution >= 4 is 44.1 Å². The fourth-order valence-corrected chi connectivity index (χ4v) is 2.46. The van der Waals surface area contributed by atoms with Gasteiger partial charge in [0.2, 0.25) is 0 Å². The minimum atomic E-state index is -0.368. The summed E-state index contributed by atoms with van der Waals surface area (Å²) in [4.78, 5) is 15.3. The summed E-state index contributed by atoms with van der Waals surface area (Å²) >= 11 is 4.57. The first-order chi connectivity index (χ1) is 9.08. The van der Waals surface area contributed by atoms with Gasteiger partial charge in [-0.2, -0.15) is 0 Å². The van der Waals surface area contributed by atoms with E-state index in [2.05, 4.69) is 31.0 Å². The van der Waals surface area contributed by atoms with Crippen molar-refractivity contribution in [2.24, 2.45) is 0 Å². The van der Waals surface area contributed by atoms with Crippen LogP contribution >= 0.6 is 27.3 Å². The first-order valence-corrected chi connectivity index (χ1v) is 6.99. The van der Waals surface area contributed by atoms with E-state index in [1.165, 1.54) is 24.5 Å². The normalized spacial score (nSPS) is 10.3. The van der Waals surface area contributed by atoms with E-state index in [0.717, 1.165) is 4.47 Å². The quantitative estimate of drug-likeness (QED) is 0.862. The van der Waals surface area contributed by atoms with Crippen molar-refractivity contribution in [3.05, 3.63) is 39.6 Å². The molecule has 0 fully saturated rings. The second-order valence-corrected chi connectivity index (χ2v) is 5.42. The number of anilines is 2. The zero-order chi connectivity index (χ0) is 13.8. The van der Waals surface area contributed by atoms with Crippen molar-refractivity contribution in [1.29, 1.82) is 0 Å². The number of rotatable bonds is 4. The smallest absolute Gasteiger partial charge is 0.311 e. The standard InChI is InChI=1S/C12H10BrFN2O2S/c1-18-11(17)5-8-6-19-12(15-8)16-10-4-7(13)2-3-9(10)14/h2-4,6H,5H2,1H3,(H,15,16). The number of aromatic nitrogens is 1. The topological polar surface area (TPSA) is 51.2 Å². The maximum atomic E-state index is 13.5. The van der Waals surface area contributed by atoms with Gasteiger partial charge in [-0.3, -0.25) is 4.79 Å². The summed E-state index contributed by atoms with van der Waals surface area (Å²) in [6.07, 6.45) is 0.107. The molecule has 0 saturated carbocycles. The van der Waals surface area contributed by atoms with Gasteiger partial charge in [0.15, 0.2) is 5.13 Å². The molecule has 0 saturated heterocycles. The number of benzene rings is 1. The first kappa shape index (κ1) is 14.0. The first-order valence-electron chi connectivity index (χ1n) is 5.32. The van der Waals surface area contributed by atoms with Gasteiger partial charge in [0.05, 0.1) is 24.9 Å². The van der Waals surface area contributed by atoms with Gasteiger partial charge in [-0.25, -0.2) is 9.37 Å². The van der Waals surface area contributed by atoms with Crippen molar-refractivity contribution in [3.8, 4) is 0 Å². The monoisotopic (exact) mass is 344 g/mol. The molecule has 100 valence electrons. The van der Waals surface area contributed by atoms with Crippen LogP contribution in [0.3, 0.4) is 0 Å². The maximum Gasteiger partial charge on any atom is 0.311 e. The van der Waals surface area contributed by atoms with E-state index in [1.807, 2.05) is 0 Å². The Kier molecular flexibility index (Phi) is 4.49. The maximum absolute atomic E-state index is 13.5. The number of nitrogens with zero attached hydrogens (tertiary/aromatic N) is 1. The molecule has 2 rings (SSSR count). The Balaban J connectivity index is 2.11. The number of carbonyl (C=O) groups is 1. The lowest BCUT2D eigenvalue weighted by molar-refractivity contribution is -0.139. The van der Waals surface area contributed by atoms with Crippen molar-refractivity contribution in [2.45, 2.75) is 6.42 Å². The summed E-state index contributed by atoms with van der Waals surface area (Å²) < 4.78 is 18.9. The van der Waals surface area contributed by atoms with Crippen molar-refractivity contribution in [3.63, 3.8) is 0 Å². The van der Waals surface area contributed by atoms with Gasteiger partial charge in [0.25, 0.3) is 0 Å². The zero-order valence-corrected chi connectivity index (χ0v) is 12.3.